The molecule has 0 unspecified atom stereocenters. The molecular weight excluding hydrogens is 556 g/mol. The van der Waals surface area contributed by atoms with Gasteiger partial charge < -0.3 is 42.8 Å². The maximum absolute atomic E-state index is 13.4. The summed E-state index contributed by atoms with van der Waals surface area (Å²) in [5.41, 5.74) is 17.3. The van der Waals surface area contributed by atoms with Crippen LogP contribution in [0.15, 0.2) is 42.5 Å². The minimum Gasteiger partial charge on any atom is -0.423 e. The lowest BCUT2D eigenvalue weighted by Gasteiger charge is -2.23. The summed E-state index contributed by atoms with van der Waals surface area (Å²) in [6, 6.07) is 6.23. The number of amides is 3. The monoisotopic (exact) mass is 592 g/mol. The van der Waals surface area contributed by atoms with Crippen LogP contribution in [0.1, 0.15) is 43.4 Å². The molecule has 11 nitrogen and oxygen atoms in total. The van der Waals surface area contributed by atoms with E-state index in [9.17, 15) is 32.6 Å². The highest BCUT2D eigenvalue weighted by Gasteiger charge is 2.40. The SMILES string of the molecule is CC1(C)OB(O)c2ccc(NC(=O)[C@@H](Cc3ccc(C(F)(F)F)cc3)NC(=O)[C@@H](N)CCC(=O)NC(CN)CN)cc21. The molecule has 1 aliphatic heterocycles. The highest BCUT2D eigenvalue weighted by atomic mass is 19.4. The molecular formula is C27H36BF3N6O5. The second kappa shape index (κ2) is 13.7. The Morgan fingerprint density at radius 3 is 2.26 bits per heavy atom. The Balaban J connectivity index is 1.75. The van der Waals surface area contributed by atoms with Crippen molar-refractivity contribution in [1.82, 2.24) is 10.6 Å². The van der Waals surface area contributed by atoms with E-state index in [4.69, 9.17) is 21.9 Å². The molecule has 0 saturated heterocycles. The first-order valence-corrected chi connectivity index (χ1v) is 13.4. The Bertz CT molecular complexity index is 1270. The van der Waals surface area contributed by atoms with Crippen molar-refractivity contribution in [2.45, 2.75) is 63.0 Å². The standard InChI is InChI=1S/C27H36BF3N6O5/c1-26(2)19-12-17(7-8-20(19)28(41)42-26)36-25(40)22(11-15-3-5-16(6-4-15)27(29,30)31)37-24(39)21(34)9-10-23(38)35-18(13-32)14-33/h3-8,12,18,21-22,41H,9-11,13-14,32-34H2,1-2H3,(H,35,38)(H,36,40)(H,37,39)/t21-,22+/m0/s1. The van der Waals surface area contributed by atoms with Gasteiger partial charge in [0.2, 0.25) is 17.7 Å². The van der Waals surface area contributed by atoms with Gasteiger partial charge in [-0.25, -0.2) is 0 Å². The van der Waals surface area contributed by atoms with E-state index in [2.05, 4.69) is 16.0 Å². The molecule has 0 aliphatic carbocycles. The Kier molecular flexibility index (Phi) is 10.7. The number of hydrogen-bond acceptors (Lipinski definition) is 8. The number of rotatable bonds is 12. The molecule has 1 aliphatic rings. The van der Waals surface area contributed by atoms with Crippen LogP contribution in [0.5, 0.6) is 0 Å². The Morgan fingerprint density at radius 1 is 1.02 bits per heavy atom. The van der Waals surface area contributed by atoms with Crippen molar-refractivity contribution >= 4 is 36.0 Å². The summed E-state index contributed by atoms with van der Waals surface area (Å²) < 4.78 is 44.6. The number of benzene rings is 2. The van der Waals surface area contributed by atoms with Crippen LogP contribution in [0, 0.1) is 0 Å². The van der Waals surface area contributed by atoms with Crippen molar-refractivity contribution in [2.24, 2.45) is 17.2 Å². The highest BCUT2D eigenvalue weighted by Crippen LogP contribution is 2.32. The van der Waals surface area contributed by atoms with Crippen molar-refractivity contribution in [2.75, 3.05) is 18.4 Å². The van der Waals surface area contributed by atoms with Gasteiger partial charge in [-0.2, -0.15) is 13.2 Å². The molecule has 10 N–H and O–H groups in total. The van der Waals surface area contributed by atoms with Gasteiger partial charge in [0.15, 0.2) is 0 Å². The van der Waals surface area contributed by atoms with E-state index in [1.165, 1.54) is 12.1 Å². The lowest BCUT2D eigenvalue weighted by molar-refractivity contribution is -0.137. The van der Waals surface area contributed by atoms with Gasteiger partial charge in [0.1, 0.15) is 6.04 Å². The Labute approximate surface area is 241 Å². The minimum atomic E-state index is -4.53. The number of carbonyl (C=O) groups excluding carboxylic acids is 3. The number of nitrogens with two attached hydrogens (primary N) is 3. The van der Waals surface area contributed by atoms with E-state index in [1.807, 2.05) is 0 Å². The molecule has 0 radical (unpaired) electrons. The molecule has 0 spiro atoms. The van der Waals surface area contributed by atoms with Crippen molar-refractivity contribution in [3.05, 3.63) is 59.2 Å². The van der Waals surface area contributed by atoms with Gasteiger partial charge in [0.05, 0.1) is 23.2 Å². The molecule has 15 heteroatoms. The molecule has 228 valence electrons. The number of nitrogens with one attached hydrogen (secondary N) is 3. The van der Waals surface area contributed by atoms with Gasteiger partial charge >= 0.3 is 13.3 Å². The number of anilines is 1. The second-order valence-corrected chi connectivity index (χ2v) is 10.6. The Hall–Kier alpha value is -3.50. The molecule has 0 saturated carbocycles. The summed E-state index contributed by atoms with van der Waals surface area (Å²) in [7, 11) is -1.12. The minimum absolute atomic E-state index is 0.0453. The molecule has 3 rings (SSSR count). The normalized spacial score (nSPS) is 15.6. The third-order valence-electron chi connectivity index (χ3n) is 6.95. The van der Waals surface area contributed by atoms with E-state index < -0.39 is 60.3 Å². The molecule has 3 amide bonds. The largest absolute Gasteiger partial charge is 0.492 e. The average molecular weight is 592 g/mol. The zero-order valence-corrected chi connectivity index (χ0v) is 23.3. The Morgan fingerprint density at radius 2 is 1.67 bits per heavy atom. The van der Waals surface area contributed by atoms with Crippen molar-refractivity contribution in [3.8, 4) is 0 Å². The molecule has 2 aromatic rings. The van der Waals surface area contributed by atoms with E-state index in [1.54, 1.807) is 32.0 Å². The fraction of sp³-hybridized carbons (Fsp3) is 0.444. The number of alkyl halides is 3. The molecule has 0 bridgehead atoms. The highest BCUT2D eigenvalue weighted by molar-refractivity contribution is 6.62. The number of halogens is 3. The van der Waals surface area contributed by atoms with Gasteiger partial charge in [-0.3, -0.25) is 14.4 Å². The summed E-state index contributed by atoms with van der Waals surface area (Å²) in [4.78, 5) is 38.4. The molecule has 2 atom stereocenters. The van der Waals surface area contributed by atoms with E-state index in [-0.39, 0.29) is 32.4 Å². The number of hydrogen-bond donors (Lipinski definition) is 7. The first kappa shape index (κ1) is 33.0. The fourth-order valence-electron chi connectivity index (χ4n) is 4.49. The topological polar surface area (TPSA) is 195 Å². The number of fused-ring (bicyclic) bond motifs is 1. The zero-order valence-electron chi connectivity index (χ0n) is 23.3. The summed E-state index contributed by atoms with van der Waals surface area (Å²) >= 11 is 0. The lowest BCUT2D eigenvalue weighted by Crippen LogP contribution is -2.51. The third kappa shape index (κ3) is 8.52. The predicted octanol–water partition coefficient (Wildman–Crippen LogP) is -0.166. The van der Waals surface area contributed by atoms with Crippen molar-refractivity contribution in [3.63, 3.8) is 0 Å². The first-order valence-electron chi connectivity index (χ1n) is 13.4. The van der Waals surface area contributed by atoms with Crippen LogP contribution in [0.3, 0.4) is 0 Å². The quantitative estimate of drug-likeness (QED) is 0.165. The maximum atomic E-state index is 13.4. The van der Waals surface area contributed by atoms with Crippen LogP contribution in [0.25, 0.3) is 0 Å². The summed E-state index contributed by atoms with van der Waals surface area (Å²) in [5, 5.41) is 18.0. The van der Waals surface area contributed by atoms with Crippen LogP contribution in [0.4, 0.5) is 18.9 Å². The van der Waals surface area contributed by atoms with Gasteiger partial charge in [-0.15, -0.1) is 0 Å². The van der Waals surface area contributed by atoms with E-state index >= 15 is 0 Å². The molecule has 42 heavy (non-hydrogen) atoms. The van der Waals surface area contributed by atoms with Crippen LogP contribution >= 0.6 is 0 Å². The summed E-state index contributed by atoms with van der Waals surface area (Å²) in [6.07, 6.45) is -4.82. The van der Waals surface area contributed by atoms with Gasteiger partial charge in [-0.05, 0) is 61.1 Å². The van der Waals surface area contributed by atoms with Crippen molar-refractivity contribution in [1.29, 1.82) is 0 Å². The predicted molar refractivity (Wildman–Crippen MR) is 151 cm³/mol. The van der Waals surface area contributed by atoms with Gasteiger partial charge in [0, 0.05) is 31.6 Å². The summed E-state index contributed by atoms with van der Waals surface area (Å²) in [6.45, 7) is 3.81. The van der Waals surface area contributed by atoms with Crippen LogP contribution in [-0.4, -0.2) is 61.1 Å². The molecule has 0 fully saturated rings. The van der Waals surface area contributed by atoms with Crippen LogP contribution in [0.2, 0.25) is 0 Å². The van der Waals surface area contributed by atoms with Crippen molar-refractivity contribution < 1.29 is 37.2 Å². The maximum Gasteiger partial charge on any atom is 0.492 e. The molecule has 2 aromatic carbocycles. The second-order valence-electron chi connectivity index (χ2n) is 10.6. The molecule has 1 heterocycles. The third-order valence-corrected chi connectivity index (χ3v) is 6.95. The smallest absolute Gasteiger partial charge is 0.423 e. The van der Waals surface area contributed by atoms with Crippen LogP contribution in [-0.2, 0) is 37.2 Å². The van der Waals surface area contributed by atoms with Gasteiger partial charge in [0.25, 0.3) is 0 Å². The molecule has 0 aromatic heterocycles. The van der Waals surface area contributed by atoms with E-state index in [0.29, 0.717) is 22.3 Å². The number of carbonyl (C=O) groups is 3. The zero-order chi connectivity index (χ0) is 31.2. The van der Waals surface area contributed by atoms with Gasteiger partial charge in [-0.1, -0.05) is 18.2 Å². The van der Waals surface area contributed by atoms with E-state index in [0.717, 1.165) is 12.1 Å². The first-order chi connectivity index (χ1) is 19.6. The summed E-state index contributed by atoms with van der Waals surface area (Å²) in [5.74, 6) is -1.78. The van der Waals surface area contributed by atoms with Crippen LogP contribution < -0.4 is 38.6 Å². The average Bonchev–Trinajstić information content (AvgIpc) is 3.16. The lowest BCUT2D eigenvalue weighted by atomic mass is 9.78. The fourth-order valence-corrected chi connectivity index (χ4v) is 4.49.